The van der Waals surface area contributed by atoms with Crippen molar-refractivity contribution in [2.24, 2.45) is 0 Å². The van der Waals surface area contributed by atoms with Crippen molar-refractivity contribution in [1.29, 1.82) is 0 Å². The monoisotopic (exact) mass is 349 g/mol. The predicted octanol–water partition coefficient (Wildman–Crippen LogP) is 3.72. The van der Waals surface area contributed by atoms with Crippen LogP contribution >= 0.6 is 0 Å². The summed E-state index contributed by atoms with van der Waals surface area (Å²) in [6.07, 6.45) is 3.29. The van der Waals surface area contributed by atoms with Crippen LogP contribution in [-0.4, -0.2) is 32.1 Å². The zero-order valence-corrected chi connectivity index (χ0v) is 13.8. The van der Waals surface area contributed by atoms with Crippen molar-refractivity contribution in [2.75, 3.05) is 0 Å². The number of carbonyl (C=O) groups excluding carboxylic acids is 1. The molecule has 3 aromatic rings. The van der Waals surface area contributed by atoms with Crippen molar-refractivity contribution in [3.8, 4) is 11.5 Å². The van der Waals surface area contributed by atoms with Crippen LogP contribution in [0.25, 0.3) is 23.1 Å². The number of benzene rings is 2. The van der Waals surface area contributed by atoms with Crippen LogP contribution in [0.4, 0.5) is 0 Å². The van der Waals surface area contributed by atoms with E-state index in [-0.39, 0.29) is 22.8 Å². The van der Waals surface area contributed by atoms with Crippen LogP contribution in [0.1, 0.15) is 38.9 Å². The second kappa shape index (κ2) is 6.68. The lowest BCUT2D eigenvalue weighted by Crippen LogP contribution is -1.97. The zero-order chi connectivity index (χ0) is 18.8. The van der Waals surface area contributed by atoms with Crippen molar-refractivity contribution in [3.05, 3.63) is 64.8 Å². The van der Waals surface area contributed by atoms with E-state index in [1.165, 1.54) is 25.1 Å². The number of carbonyl (C=O) groups is 2. The minimum absolute atomic E-state index is 0.0296. The van der Waals surface area contributed by atoms with Crippen molar-refractivity contribution in [3.63, 3.8) is 0 Å². The molecule has 0 atom stereocenters. The lowest BCUT2D eigenvalue weighted by molar-refractivity contribution is 0.0693. The molecule has 26 heavy (non-hydrogen) atoms. The van der Waals surface area contributed by atoms with E-state index in [0.717, 1.165) is 0 Å². The van der Waals surface area contributed by atoms with Gasteiger partial charge in [-0.15, -0.1) is 0 Å². The number of phenolic OH excluding ortho intramolecular Hbond substituents is 1. The Bertz CT molecular complexity index is 1070. The van der Waals surface area contributed by atoms with Gasteiger partial charge in [0.15, 0.2) is 5.78 Å². The normalized spacial score (nSPS) is 11.1. The molecule has 0 bridgehead atoms. The number of phenols is 2. The highest BCUT2D eigenvalue weighted by Gasteiger charge is 2.11. The number of nitrogens with zero attached hydrogens (tertiary/aromatic N) is 1. The maximum Gasteiger partial charge on any atom is 0.339 e. The Hall–Kier alpha value is -3.67. The second-order valence-corrected chi connectivity index (χ2v) is 5.74. The van der Waals surface area contributed by atoms with Gasteiger partial charge in [-0.25, -0.2) is 9.78 Å². The zero-order valence-electron chi connectivity index (χ0n) is 13.8. The Morgan fingerprint density at radius 3 is 2.35 bits per heavy atom. The summed E-state index contributed by atoms with van der Waals surface area (Å²) in [6.45, 7) is 1.45. The number of pyridine rings is 1. The van der Waals surface area contributed by atoms with Gasteiger partial charge >= 0.3 is 5.97 Å². The van der Waals surface area contributed by atoms with E-state index >= 15 is 0 Å². The Balaban J connectivity index is 2.01. The number of carboxylic acid groups (broad SMARTS) is 1. The minimum atomic E-state index is -1.22. The van der Waals surface area contributed by atoms with Crippen molar-refractivity contribution in [2.45, 2.75) is 6.92 Å². The lowest BCUT2D eigenvalue weighted by Gasteiger charge is -2.06. The summed E-state index contributed by atoms with van der Waals surface area (Å²) in [7, 11) is 0. The average Bonchev–Trinajstić information content (AvgIpc) is 2.61. The van der Waals surface area contributed by atoms with Gasteiger partial charge in [0, 0.05) is 10.9 Å². The topological polar surface area (TPSA) is 108 Å². The standard InChI is InChI=1S/C20H15NO5/c1-11(22)14-7-9-18(24)19-15(14)6-5-13(21-19)4-2-12-3-8-17(23)16(10-12)20(25)26/h2-10,23-24H,1H3,(H,25,26). The fourth-order valence-electron chi connectivity index (χ4n) is 2.63. The number of Topliss-reactive ketones (excluding diaryl/α,β-unsaturated/α-hetero) is 1. The summed E-state index contributed by atoms with van der Waals surface area (Å²) in [6, 6.07) is 10.6. The maximum atomic E-state index is 11.7. The number of carboxylic acids is 1. The Morgan fingerprint density at radius 2 is 1.65 bits per heavy atom. The van der Waals surface area contributed by atoms with E-state index in [4.69, 9.17) is 5.11 Å². The molecule has 6 heteroatoms. The van der Waals surface area contributed by atoms with Gasteiger partial charge < -0.3 is 15.3 Å². The molecule has 2 aromatic carbocycles. The number of hydrogen-bond acceptors (Lipinski definition) is 5. The van der Waals surface area contributed by atoms with E-state index < -0.39 is 5.97 Å². The van der Waals surface area contributed by atoms with E-state index in [9.17, 15) is 19.8 Å². The van der Waals surface area contributed by atoms with Crippen LogP contribution < -0.4 is 0 Å². The molecule has 0 spiro atoms. The number of aromatic hydroxyl groups is 2. The van der Waals surface area contributed by atoms with Gasteiger partial charge in [-0.3, -0.25) is 4.79 Å². The van der Waals surface area contributed by atoms with Gasteiger partial charge in [0.05, 0.1) is 5.69 Å². The number of ketones is 1. The quantitative estimate of drug-likeness (QED) is 0.620. The molecule has 0 aliphatic heterocycles. The van der Waals surface area contributed by atoms with Crippen molar-refractivity contribution in [1.82, 2.24) is 4.98 Å². The number of hydrogen-bond donors (Lipinski definition) is 3. The van der Waals surface area contributed by atoms with Crippen LogP contribution in [-0.2, 0) is 0 Å². The highest BCUT2D eigenvalue weighted by Crippen LogP contribution is 2.27. The molecule has 1 heterocycles. The molecule has 0 aliphatic rings. The van der Waals surface area contributed by atoms with Crippen LogP contribution in [0.5, 0.6) is 11.5 Å². The minimum Gasteiger partial charge on any atom is -0.507 e. The summed E-state index contributed by atoms with van der Waals surface area (Å²) in [4.78, 5) is 27.1. The fourth-order valence-corrected chi connectivity index (χ4v) is 2.63. The first-order valence-corrected chi connectivity index (χ1v) is 7.75. The second-order valence-electron chi connectivity index (χ2n) is 5.74. The van der Waals surface area contributed by atoms with Crippen LogP contribution in [0.2, 0.25) is 0 Å². The lowest BCUT2D eigenvalue weighted by atomic mass is 10.0. The molecular weight excluding hydrogens is 334 g/mol. The summed E-state index contributed by atoms with van der Waals surface area (Å²) in [5, 5.41) is 29.2. The van der Waals surface area contributed by atoms with Crippen LogP contribution in [0.15, 0.2) is 42.5 Å². The predicted molar refractivity (Wildman–Crippen MR) is 97.4 cm³/mol. The smallest absolute Gasteiger partial charge is 0.339 e. The molecule has 3 N–H and O–H groups in total. The van der Waals surface area contributed by atoms with E-state index in [1.54, 1.807) is 36.4 Å². The molecule has 1 aromatic heterocycles. The molecule has 0 radical (unpaired) electrons. The van der Waals surface area contributed by atoms with Crippen molar-refractivity contribution < 1.29 is 24.9 Å². The summed E-state index contributed by atoms with van der Waals surface area (Å²) in [5.74, 6) is -1.67. The Morgan fingerprint density at radius 1 is 0.923 bits per heavy atom. The van der Waals surface area contributed by atoms with E-state index in [2.05, 4.69) is 4.98 Å². The molecule has 0 fully saturated rings. The molecule has 130 valence electrons. The Kier molecular flexibility index (Phi) is 4.41. The molecule has 0 unspecified atom stereocenters. The number of aromatic nitrogens is 1. The summed E-state index contributed by atoms with van der Waals surface area (Å²) < 4.78 is 0. The molecule has 3 rings (SSSR count). The van der Waals surface area contributed by atoms with Gasteiger partial charge in [0.25, 0.3) is 0 Å². The molecule has 0 saturated carbocycles. The fraction of sp³-hybridized carbons (Fsp3) is 0.0500. The molecule has 0 aliphatic carbocycles. The summed E-state index contributed by atoms with van der Waals surface area (Å²) >= 11 is 0. The summed E-state index contributed by atoms with van der Waals surface area (Å²) in [5.41, 5.74) is 1.70. The number of rotatable bonds is 4. The largest absolute Gasteiger partial charge is 0.507 e. The number of aromatic carboxylic acids is 1. The highest BCUT2D eigenvalue weighted by molar-refractivity contribution is 6.07. The van der Waals surface area contributed by atoms with Gasteiger partial charge in [-0.2, -0.15) is 0 Å². The van der Waals surface area contributed by atoms with Crippen LogP contribution in [0, 0.1) is 0 Å². The first-order valence-electron chi connectivity index (χ1n) is 7.75. The van der Waals surface area contributed by atoms with Crippen molar-refractivity contribution >= 4 is 34.8 Å². The van der Waals surface area contributed by atoms with E-state index in [1.807, 2.05) is 0 Å². The van der Waals surface area contributed by atoms with E-state index in [0.29, 0.717) is 27.7 Å². The van der Waals surface area contributed by atoms with Gasteiger partial charge in [0.1, 0.15) is 22.6 Å². The number of fused-ring (bicyclic) bond motifs is 1. The first kappa shape index (κ1) is 17.2. The maximum absolute atomic E-state index is 11.7. The molecule has 6 nitrogen and oxygen atoms in total. The molecular formula is C20H15NO5. The first-order chi connectivity index (χ1) is 12.4. The molecule has 0 amide bonds. The SMILES string of the molecule is CC(=O)c1ccc(O)c2nc(C=Cc3ccc(O)c(C(=O)O)c3)ccc12. The van der Waals surface area contributed by atoms with Gasteiger partial charge in [-0.05, 0) is 55.0 Å². The third-order valence-electron chi connectivity index (χ3n) is 3.93. The highest BCUT2D eigenvalue weighted by atomic mass is 16.4. The third kappa shape index (κ3) is 3.25. The molecule has 0 saturated heterocycles. The third-order valence-corrected chi connectivity index (χ3v) is 3.93. The average molecular weight is 349 g/mol. The van der Waals surface area contributed by atoms with Gasteiger partial charge in [0.2, 0.25) is 0 Å². The van der Waals surface area contributed by atoms with Gasteiger partial charge in [-0.1, -0.05) is 12.1 Å². The Labute approximate surface area is 148 Å². The van der Waals surface area contributed by atoms with Crippen LogP contribution in [0.3, 0.4) is 0 Å².